The van der Waals surface area contributed by atoms with E-state index in [1.165, 1.54) is 49.8 Å². The van der Waals surface area contributed by atoms with Crippen LogP contribution in [0.2, 0.25) is 0 Å². The van der Waals surface area contributed by atoms with Crippen molar-refractivity contribution in [2.45, 2.75) is 51.0 Å². The third-order valence-electron chi connectivity index (χ3n) is 5.40. The van der Waals surface area contributed by atoms with Crippen molar-refractivity contribution in [2.75, 3.05) is 26.2 Å². The van der Waals surface area contributed by atoms with Crippen LogP contribution in [-0.2, 0) is 6.42 Å². The van der Waals surface area contributed by atoms with Gasteiger partial charge in [0.05, 0.1) is 6.54 Å². The molecule has 23 heavy (non-hydrogen) atoms. The lowest BCUT2D eigenvalue weighted by Gasteiger charge is -2.26. The van der Waals surface area contributed by atoms with Crippen LogP contribution in [-0.4, -0.2) is 43.1 Å². The number of hydrogen-bond donors (Lipinski definition) is 2. The second-order valence-corrected chi connectivity index (χ2v) is 6.82. The molecule has 1 aromatic rings. The quantitative estimate of drug-likeness (QED) is 0.648. The van der Waals surface area contributed by atoms with Gasteiger partial charge in [-0.15, -0.1) is 0 Å². The molecule has 1 aromatic carbocycles. The van der Waals surface area contributed by atoms with Gasteiger partial charge in [0.25, 0.3) is 0 Å². The number of rotatable bonds is 5. The molecule has 0 aromatic heterocycles. The molecule has 0 radical (unpaired) electrons. The van der Waals surface area contributed by atoms with E-state index in [0.29, 0.717) is 17.9 Å². The Balaban J connectivity index is 1.51. The highest BCUT2D eigenvalue weighted by Gasteiger charge is 2.22. The van der Waals surface area contributed by atoms with E-state index < -0.39 is 0 Å². The Kier molecular flexibility index (Phi) is 5.55. The van der Waals surface area contributed by atoms with E-state index in [4.69, 9.17) is 5.73 Å². The highest BCUT2D eigenvalue weighted by atomic mass is 15.2. The van der Waals surface area contributed by atoms with E-state index in [2.05, 4.69) is 46.4 Å². The first-order valence-electron chi connectivity index (χ1n) is 9.13. The number of nitrogens with zero attached hydrogens (tertiary/aromatic N) is 2. The number of fused-ring (bicyclic) bond motifs is 1. The minimum atomic E-state index is 0.562. The average Bonchev–Trinajstić information content (AvgIpc) is 3.05. The van der Waals surface area contributed by atoms with Crippen LogP contribution in [0.5, 0.6) is 0 Å². The standard InChI is InChI=1S/C19H30N4/c1-2-23-12-6-10-17(23)14-22-19(20)21-13-16-9-5-8-15-7-3-4-11-18(15)16/h3-4,7,11,16-17H,2,5-6,8-10,12-14H2,1H3,(H3,20,21,22). The zero-order chi connectivity index (χ0) is 16.1. The number of aryl methyl sites for hydroxylation is 1. The minimum Gasteiger partial charge on any atom is -0.370 e. The molecule has 1 aliphatic heterocycles. The van der Waals surface area contributed by atoms with Crippen molar-refractivity contribution >= 4 is 5.96 Å². The van der Waals surface area contributed by atoms with Crippen molar-refractivity contribution in [3.8, 4) is 0 Å². The number of hydrogen-bond acceptors (Lipinski definition) is 2. The highest BCUT2D eigenvalue weighted by molar-refractivity contribution is 5.77. The van der Waals surface area contributed by atoms with Crippen LogP contribution in [0.25, 0.3) is 0 Å². The van der Waals surface area contributed by atoms with Gasteiger partial charge in [-0.3, -0.25) is 9.89 Å². The van der Waals surface area contributed by atoms with E-state index in [0.717, 1.165) is 19.6 Å². The normalized spacial score (nSPS) is 25.3. The lowest BCUT2D eigenvalue weighted by atomic mass is 9.83. The maximum atomic E-state index is 6.10. The Labute approximate surface area is 140 Å². The van der Waals surface area contributed by atoms with Crippen LogP contribution in [0.15, 0.2) is 29.3 Å². The van der Waals surface area contributed by atoms with Gasteiger partial charge in [-0.2, -0.15) is 0 Å². The molecule has 2 aliphatic rings. The molecule has 0 amide bonds. The van der Waals surface area contributed by atoms with Crippen molar-refractivity contribution in [3.63, 3.8) is 0 Å². The van der Waals surface area contributed by atoms with E-state index in [1.807, 2.05) is 0 Å². The predicted molar refractivity (Wildman–Crippen MR) is 96.9 cm³/mol. The van der Waals surface area contributed by atoms with Crippen LogP contribution >= 0.6 is 0 Å². The van der Waals surface area contributed by atoms with Gasteiger partial charge in [0.2, 0.25) is 0 Å². The van der Waals surface area contributed by atoms with Crippen molar-refractivity contribution < 1.29 is 0 Å². The first-order chi connectivity index (χ1) is 11.3. The molecule has 4 heteroatoms. The van der Waals surface area contributed by atoms with Gasteiger partial charge in [-0.05, 0) is 56.3 Å². The molecular formula is C19H30N4. The monoisotopic (exact) mass is 314 g/mol. The summed E-state index contributed by atoms with van der Waals surface area (Å²) in [5.74, 6) is 1.17. The Morgan fingerprint density at radius 3 is 3.04 bits per heavy atom. The molecule has 1 fully saturated rings. The summed E-state index contributed by atoms with van der Waals surface area (Å²) in [6.45, 7) is 6.28. The van der Waals surface area contributed by atoms with Crippen molar-refractivity contribution in [3.05, 3.63) is 35.4 Å². The van der Waals surface area contributed by atoms with Crippen molar-refractivity contribution in [2.24, 2.45) is 10.7 Å². The molecule has 1 heterocycles. The fourth-order valence-corrected chi connectivity index (χ4v) is 4.07. The molecule has 0 spiro atoms. The molecule has 3 rings (SSSR count). The van der Waals surface area contributed by atoms with Gasteiger partial charge in [0.1, 0.15) is 0 Å². The first-order valence-corrected chi connectivity index (χ1v) is 9.13. The number of likely N-dealkylation sites (N-methyl/N-ethyl adjacent to an activating group) is 1. The number of benzene rings is 1. The number of aliphatic imine (C=N–C) groups is 1. The van der Waals surface area contributed by atoms with E-state index in [-0.39, 0.29) is 0 Å². The summed E-state index contributed by atoms with van der Waals surface area (Å²) in [6, 6.07) is 9.40. The van der Waals surface area contributed by atoms with E-state index >= 15 is 0 Å². The van der Waals surface area contributed by atoms with Crippen LogP contribution in [0.4, 0.5) is 0 Å². The number of nitrogens with one attached hydrogen (secondary N) is 1. The predicted octanol–water partition coefficient (Wildman–Crippen LogP) is 2.50. The largest absolute Gasteiger partial charge is 0.370 e. The van der Waals surface area contributed by atoms with E-state index in [1.54, 1.807) is 0 Å². The van der Waals surface area contributed by atoms with Gasteiger partial charge in [0, 0.05) is 18.5 Å². The number of guanidine groups is 1. The molecule has 4 nitrogen and oxygen atoms in total. The Bertz CT molecular complexity index is 540. The molecule has 2 atom stereocenters. The SMILES string of the molecule is CCN1CCCC1CN=C(N)NCC1CCCc2ccccc21. The fourth-order valence-electron chi connectivity index (χ4n) is 4.07. The second-order valence-electron chi connectivity index (χ2n) is 6.82. The van der Waals surface area contributed by atoms with Gasteiger partial charge in [0.15, 0.2) is 5.96 Å². The van der Waals surface area contributed by atoms with Gasteiger partial charge in [-0.1, -0.05) is 31.2 Å². The van der Waals surface area contributed by atoms with Crippen LogP contribution in [0.3, 0.4) is 0 Å². The minimum absolute atomic E-state index is 0.562. The summed E-state index contributed by atoms with van der Waals surface area (Å²) in [7, 11) is 0. The van der Waals surface area contributed by atoms with E-state index in [9.17, 15) is 0 Å². The van der Waals surface area contributed by atoms with Gasteiger partial charge < -0.3 is 11.1 Å². The lowest BCUT2D eigenvalue weighted by molar-refractivity contribution is 0.273. The topological polar surface area (TPSA) is 53.6 Å². The molecule has 1 aliphatic carbocycles. The molecule has 0 bridgehead atoms. The molecular weight excluding hydrogens is 284 g/mol. The third-order valence-corrected chi connectivity index (χ3v) is 5.40. The van der Waals surface area contributed by atoms with Gasteiger partial charge >= 0.3 is 0 Å². The second kappa shape index (κ2) is 7.82. The Morgan fingerprint density at radius 1 is 1.30 bits per heavy atom. The summed E-state index contributed by atoms with van der Waals surface area (Å²) in [4.78, 5) is 7.09. The van der Waals surface area contributed by atoms with Crippen molar-refractivity contribution in [1.82, 2.24) is 10.2 Å². The van der Waals surface area contributed by atoms with Crippen molar-refractivity contribution in [1.29, 1.82) is 0 Å². The Morgan fingerprint density at radius 2 is 2.17 bits per heavy atom. The fraction of sp³-hybridized carbons (Fsp3) is 0.632. The maximum absolute atomic E-state index is 6.10. The summed E-state index contributed by atoms with van der Waals surface area (Å²) >= 11 is 0. The van der Waals surface area contributed by atoms with Crippen LogP contribution in [0, 0.1) is 0 Å². The maximum Gasteiger partial charge on any atom is 0.188 e. The zero-order valence-corrected chi connectivity index (χ0v) is 14.3. The number of nitrogens with two attached hydrogens (primary N) is 1. The smallest absolute Gasteiger partial charge is 0.188 e. The summed E-state index contributed by atoms with van der Waals surface area (Å²) in [5.41, 5.74) is 9.09. The molecule has 0 saturated carbocycles. The molecule has 1 saturated heterocycles. The summed E-state index contributed by atoms with van der Waals surface area (Å²) in [5, 5.41) is 3.36. The Hall–Kier alpha value is -1.55. The molecule has 3 N–H and O–H groups in total. The molecule has 126 valence electrons. The highest BCUT2D eigenvalue weighted by Crippen LogP contribution is 2.30. The molecule has 2 unspecified atom stereocenters. The van der Waals surface area contributed by atoms with Crippen LogP contribution < -0.4 is 11.1 Å². The third kappa shape index (κ3) is 4.05. The average molecular weight is 314 g/mol. The summed E-state index contributed by atoms with van der Waals surface area (Å²) < 4.78 is 0. The summed E-state index contributed by atoms with van der Waals surface area (Å²) in [6.07, 6.45) is 6.27. The number of likely N-dealkylation sites (tertiary alicyclic amines) is 1. The van der Waals surface area contributed by atoms with Crippen LogP contribution in [0.1, 0.15) is 49.7 Å². The zero-order valence-electron chi connectivity index (χ0n) is 14.3. The lowest BCUT2D eigenvalue weighted by Crippen LogP contribution is -2.37. The van der Waals surface area contributed by atoms with Gasteiger partial charge in [-0.25, -0.2) is 0 Å². The first kappa shape index (κ1) is 16.3.